The van der Waals surface area contributed by atoms with Gasteiger partial charge in [0, 0.05) is 31.9 Å². The van der Waals surface area contributed by atoms with Crippen molar-refractivity contribution in [2.45, 2.75) is 23.8 Å². The number of halogens is 1. The third-order valence-electron chi connectivity index (χ3n) is 3.28. The summed E-state index contributed by atoms with van der Waals surface area (Å²) in [5, 5.41) is 0. The van der Waals surface area contributed by atoms with E-state index in [9.17, 15) is 12.8 Å². The highest BCUT2D eigenvalue weighted by molar-refractivity contribution is 7.89. The van der Waals surface area contributed by atoms with Gasteiger partial charge in [-0.05, 0) is 18.9 Å². The quantitative estimate of drug-likeness (QED) is 0.752. The van der Waals surface area contributed by atoms with Crippen LogP contribution in [-0.2, 0) is 10.0 Å². The average molecular weight is 332 g/mol. The Labute approximate surface area is 128 Å². The highest BCUT2D eigenvalue weighted by atomic mass is 32.2. The smallest absolute Gasteiger partial charge is 0.242 e. The Kier molecular flexibility index (Phi) is 5.20. The molecule has 116 valence electrons. The van der Waals surface area contributed by atoms with Crippen LogP contribution < -0.4 is 10.5 Å². The number of likely N-dealkylation sites (tertiary alicyclic amines) is 1. The summed E-state index contributed by atoms with van der Waals surface area (Å²) in [6.45, 7) is 1.97. The van der Waals surface area contributed by atoms with Gasteiger partial charge < -0.3 is 5.73 Å². The molecule has 1 aliphatic rings. The van der Waals surface area contributed by atoms with Gasteiger partial charge in [0.15, 0.2) is 0 Å². The zero-order chi connectivity index (χ0) is 15.5. The van der Waals surface area contributed by atoms with Crippen LogP contribution in [0, 0.1) is 5.82 Å². The third-order valence-corrected chi connectivity index (χ3v) is 4.90. The summed E-state index contributed by atoms with van der Waals surface area (Å²) in [5.74, 6) is -0.677. The predicted octanol–water partition coefficient (Wildman–Crippen LogP) is 0.249. The minimum atomic E-state index is -3.74. The second kappa shape index (κ2) is 6.73. The number of rotatable bonds is 5. The lowest BCUT2D eigenvalue weighted by Gasteiger charge is -2.31. The van der Waals surface area contributed by atoms with E-state index in [1.54, 1.807) is 0 Å². The van der Waals surface area contributed by atoms with E-state index < -0.39 is 15.8 Å². The molecule has 0 saturated carbocycles. The number of thiocarbonyl (C=S) groups is 1. The molecule has 3 N–H and O–H groups in total. The van der Waals surface area contributed by atoms with E-state index in [1.807, 2.05) is 0 Å². The molecule has 0 spiro atoms. The maximum atomic E-state index is 13.1. The molecule has 9 heteroatoms. The molecule has 0 aromatic carbocycles. The summed E-state index contributed by atoms with van der Waals surface area (Å²) in [7, 11) is -3.74. The Bertz CT molecular complexity index is 615. The zero-order valence-electron chi connectivity index (χ0n) is 11.3. The van der Waals surface area contributed by atoms with Crippen molar-refractivity contribution in [3.05, 3.63) is 24.3 Å². The van der Waals surface area contributed by atoms with Crippen molar-refractivity contribution in [3.63, 3.8) is 0 Å². The van der Waals surface area contributed by atoms with E-state index in [-0.39, 0.29) is 10.9 Å². The van der Waals surface area contributed by atoms with Crippen molar-refractivity contribution in [3.8, 4) is 0 Å². The molecule has 2 rings (SSSR count). The van der Waals surface area contributed by atoms with E-state index >= 15 is 0 Å². The van der Waals surface area contributed by atoms with Crippen LogP contribution in [0.4, 0.5) is 4.39 Å². The average Bonchev–Trinajstić information content (AvgIpc) is 2.40. The minimum absolute atomic E-state index is 0.159. The normalized spacial score (nSPS) is 17.8. The van der Waals surface area contributed by atoms with Crippen molar-refractivity contribution in [2.24, 2.45) is 5.73 Å². The molecular formula is C12H17FN4O2S2. The fraction of sp³-hybridized carbons (Fsp3) is 0.500. The number of piperidine rings is 1. The van der Waals surface area contributed by atoms with Crippen molar-refractivity contribution in [1.82, 2.24) is 14.6 Å². The van der Waals surface area contributed by atoms with E-state index in [0.29, 0.717) is 37.5 Å². The summed E-state index contributed by atoms with van der Waals surface area (Å²) >= 11 is 4.85. The molecule has 0 radical (unpaired) electrons. The van der Waals surface area contributed by atoms with Crippen molar-refractivity contribution < 1.29 is 12.8 Å². The molecule has 0 bridgehead atoms. The number of hydrogen-bond acceptors (Lipinski definition) is 5. The number of aromatic nitrogens is 1. The van der Waals surface area contributed by atoms with Crippen LogP contribution in [0.25, 0.3) is 0 Å². The van der Waals surface area contributed by atoms with Gasteiger partial charge in [-0.15, -0.1) is 0 Å². The maximum absolute atomic E-state index is 13.1. The number of hydrogen-bond donors (Lipinski definition) is 2. The minimum Gasteiger partial charge on any atom is -0.392 e. The lowest BCUT2D eigenvalue weighted by atomic mass is 10.1. The topological polar surface area (TPSA) is 88.3 Å². The number of nitrogens with two attached hydrogens (primary N) is 1. The van der Waals surface area contributed by atoms with Gasteiger partial charge >= 0.3 is 0 Å². The number of nitrogens with zero attached hydrogens (tertiary/aromatic N) is 2. The molecule has 6 nitrogen and oxygen atoms in total. The monoisotopic (exact) mass is 332 g/mol. The van der Waals surface area contributed by atoms with E-state index in [1.165, 1.54) is 0 Å². The molecule has 1 fully saturated rings. The molecule has 0 atom stereocenters. The van der Waals surface area contributed by atoms with Gasteiger partial charge in [0.2, 0.25) is 10.0 Å². The van der Waals surface area contributed by atoms with Crippen LogP contribution in [0.5, 0.6) is 0 Å². The van der Waals surface area contributed by atoms with Crippen molar-refractivity contribution in [1.29, 1.82) is 0 Å². The molecule has 21 heavy (non-hydrogen) atoms. The molecule has 1 saturated heterocycles. The molecule has 1 aromatic rings. The highest BCUT2D eigenvalue weighted by Crippen LogP contribution is 2.15. The lowest BCUT2D eigenvalue weighted by molar-refractivity contribution is 0.233. The van der Waals surface area contributed by atoms with Crippen molar-refractivity contribution in [2.75, 3.05) is 19.6 Å². The van der Waals surface area contributed by atoms with Gasteiger partial charge in [-0.25, -0.2) is 17.5 Å². The SMILES string of the molecule is NC(=S)CN1CCC(NS(=O)(=O)c2cncc(F)c2)CC1. The van der Waals surface area contributed by atoms with Gasteiger partial charge in [0.25, 0.3) is 0 Å². The van der Waals surface area contributed by atoms with Gasteiger partial charge in [-0.2, -0.15) is 0 Å². The van der Waals surface area contributed by atoms with Gasteiger partial charge in [-0.3, -0.25) is 9.88 Å². The molecule has 0 aliphatic carbocycles. The fourth-order valence-electron chi connectivity index (χ4n) is 2.26. The summed E-state index contributed by atoms with van der Waals surface area (Å²) in [6.07, 6.45) is 3.41. The van der Waals surface area contributed by atoms with Crippen LogP contribution in [0.1, 0.15) is 12.8 Å². The maximum Gasteiger partial charge on any atom is 0.242 e. The predicted molar refractivity (Wildman–Crippen MR) is 80.8 cm³/mol. The largest absolute Gasteiger partial charge is 0.392 e. The molecule has 0 unspecified atom stereocenters. The van der Waals surface area contributed by atoms with E-state index in [2.05, 4.69) is 14.6 Å². The zero-order valence-corrected chi connectivity index (χ0v) is 13.0. The molecule has 2 heterocycles. The summed E-state index contributed by atoms with van der Waals surface area (Å²) in [6, 6.07) is 0.776. The van der Waals surface area contributed by atoms with Gasteiger partial charge in [0.1, 0.15) is 10.7 Å². The van der Waals surface area contributed by atoms with Crippen LogP contribution in [0.3, 0.4) is 0 Å². The Morgan fingerprint density at radius 2 is 2.14 bits per heavy atom. The first kappa shape index (κ1) is 16.2. The summed E-state index contributed by atoms with van der Waals surface area (Å²) in [5.41, 5.74) is 5.49. The van der Waals surface area contributed by atoms with Crippen LogP contribution in [0.2, 0.25) is 0 Å². The van der Waals surface area contributed by atoms with E-state index in [4.69, 9.17) is 18.0 Å². The van der Waals surface area contributed by atoms with Gasteiger partial charge in [0.05, 0.1) is 11.2 Å². The molecule has 1 aromatic heterocycles. The number of sulfonamides is 1. The lowest BCUT2D eigenvalue weighted by Crippen LogP contribution is -2.46. The Hall–Kier alpha value is -1.16. The number of pyridine rings is 1. The molecule has 0 amide bonds. The Morgan fingerprint density at radius 1 is 1.48 bits per heavy atom. The van der Waals surface area contributed by atoms with Crippen LogP contribution in [0.15, 0.2) is 23.4 Å². The van der Waals surface area contributed by atoms with Gasteiger partial charge in [-0.1, -0.05) is 12.2 Å². The molecule has 1 aliphatic heterocycles. The van der Waals surface area contributed by atoms with Crippen LogP contribution >= 0.6 is 12.2 Å². The molecular weight excluding hydrogens is 315 g/mol. The van der Waals surface area contributed by atoms with E-state index in [0.717, 1.165) is 18.5 Å². The summed E-state index contributed by atoms with van der Waals surface area (Å²) in [4.78, 5) is 5.91. The fourth-order valence-corrected chi connectivity index (χ4v) is 3.72. The number of nitrogens with one attached hydrogen (secondary N) is 1. The first-order valence-electron chi connectivity index (χ1n) is 6.50. The first-order chi connectivity index (χ1) is 9.87. The Balaban J connectivity index is 1.95. The van der Waals surface area contributed by atoms with Crippen LogP contribution in [-0.4, -0.2) is 49.0 Å². The first-order valence-corrected chi connectivity index (χ1v) is 8.39. The second-order valence-electron chi connectivity index (χ2n) is 4.98. The Morgan fingerprint density at radius 3 is 2.71 bits per heavy atom. The third kappa shape index (κ3) is 4.67. The summed E-state index contributed by atoms with van der Waals surface area (Å²) < 4.78 is 39.9. The standard InChI is InChI=1S/C12H17FN4O2S2/c13-9-5-11(7-15-6-9)21(18,19)16-10-1-3-17(4-2-10)8-12(14)20/h5-7,10,16H,1-4,8H2,(H2,14,20). The van der Waals surface area contributed by atoms with Crippen molar-refractivity contribution >= 4 is 27.2 Å². The second-order valence-corrected chi connectivity index (χ2v) is 7.22. The highest BCUT2D eigenvalue weighted by Gasteiger charge is 2.25.